The van der Waals surface area contributed by atoms with E-state index < -0.39 is 0 Å². The van der Waals surface area contributed by atoms with Gasteiger partial charge >= 0.3 is 0 Å². The van der Waals surface area contributed by atoms with E-state index in [0.717, 1.165) is 34.0 Å². The number of amides is 1. The minimum absolute atomic E-state index is 0.0436. The average molecular weight is 453 g/mol. The fourth-order valence-corrected chi connectivity index (χ4v) is 4.85. The summed E-state index contributed by atoms with van der Waals surface area (Å²) in [6.07, 6.45) is 0.524. The Morgan fingerprint density at radius 3 is 2.41 bits per heavy atom. The number of carbonyl (C=O) groups excluding carboxylic acids is 2. The highest BCUT2D eigenvalue weighted by molar-refractivity contribution is 7.12. The van der Waals surface area contributed by atoms with Gasteiger partial charge in [0.05, 0.1) is 6.54 Å². The minimum atomic E-state index is 0.0436. The maximum absolute atomic E-state index is 12.6. The zero-order valence-corrected chi connectivity index (χ0v) is 19.6. The Balaban J connectivity index is 1.23. The Kier molecular flexibility index (Phi) is 6.81. The van der Waals surface area contributed by atoms with Crippen LogP contribution in [0.2, 0.25) is 0 Å². The topological polar surface area (TPSA) is 79.5 Å². The van der Waals surface area contributed by atoms with Crippen molar-refractivity contribution in [2.75, 3.05) is 26.2 Å². The third-order valence-corrected chi connectivity index (χ3v) is 6.73. The Morgan fingerprint density at radius 1 is 1.03 bits per heavy atom. The van der Waals surface area contributed by atoms with E-state index in [-0.39, 0.29) is 24.5 Å². The van der Waals surface area contributed by atoms with Crippen molar-refractivity contribution in [2.24, 2.45) is 0 Å². The zero-order chi connectivity index (χ0) is 22.7. The second-order valence-electron chi connectivity index (χ2n) is 8.28. The molecule has 1 aliphatic rings. The van der Waals surface area contributed by atoms with Crippen LogP contribution in [-0.2, 0) is 11.3 Å². The average Bonchev–Trinajstić information content (AvgIpc) is 3.38. The maximum Gasteiger partial charge on any atom is 0.241 e. The molecule has 0 unspecified atom stereocenters. The van der Waals surface area contributed by atoms with Crippen LogP contribution >= 0.6 is 11.3 Å². The van der Waals surface area contributed by atoms with Gasteiger partial charge in [-0.15, -0.1) is 11.3 Å². The van der Waals surface area contributed by atoms with Crippen molar-refractivity contribution in [1.29, 1.82) is 0 Å². The van der Waals surface area contributed by atoms with Crippen LogP contribution in [0.4, 0.5) is 0 Å². The van der Waals surface area contributed by atoms with E-state index in [0.29, 0.717) is 31.3 Å². The molecule has 0 spiro atoms. The molecule has 3 heterocycles. The van der Waals surface area contributed by atoms with Gasteiger partial charge in [-0.25, -0.2) is 0 Å². The molecule has 1 aromatic carbocycles. The fraction of sp³-hybridized carbons (Fsp3) is 0.417. The van der Waals surface area contributed by atoms with Crippen molar-refractivity contribution in [1.82, 2.24) is 19.9 Å². The first-order valence-corrected chi connectivity index (χ1v) is 11.7. The molecule has 1 aliphatic heterocycles. The number of aromatic nitrogens is 2. The van der Waals surface area contributed by atoms with Gasteiger partial charge in [0.25, 0.3) is 0 Å². The molecule has 32 heavy (non-hydrogen) atoms. The van der Waals surface area contributed by atoms with E-state index >= 15 is 0 Å². The van der Waals surface area contributed by atoms with Crippen LogP contribution in [0.5, 0.6) is 0 Å². The molecule has 0 saturated carbocycles. The summed E-state index contributed by atoms with van der Waals surface area (Å²) in [5.41, 5.74) is 2.88. The van der Waals surface area contributed by atoms with Gasteiger partial charge in [0.1, 0.15) is 0 Å². The van der Waals surface area contributed by atoms with Crippen molar-refractivity contribution in [3.05, 3.63) is 57.1 Å². The van der Waals surface area contributed by atoms with E-state index in [1.165, 1.54) is 5.56 Å². The van der Waals surface area contributed by atoms with Gasteiger partial charge in [-0.1, -0.05) is 35.0 Å². The second-order valence-corrected chi connectivity index (χ2v) is 9.75. The lowest BCUT2D eigenvalue weighted by molar-refractivity contribution is -0.133. The van der Waals surface area contributed by atoms with E-state index in [2.05, 4.69) is 15.0 Å². The van der Waals surface area contributed by atoms with Crippen molar-refractivity contribution in [2.45, 2.75) is 40.2 Å². The highest BCUT2D eigenvalue weighted by Crippen LogP contribution is 2.22. The van der Waals surface area contributed by atoms with E-state index in [1.807, 2.05) is 56.0 Å². The lowest BCUT2D eigenvalue weighted by Gasteiger charge is -2.34. The van der Waals surface area contributed by atoms with Crippen LogP contribution in [0.1, 0.15) is 44.4 Å². The van der Waals surface area contributed by atoms with E-state index in [9.17, 15) is 9.59 Å². The summed E-state index contributed by atoms with van der Waals surface area (Å²) < 4.78 is 5.42. The Bertz CT molecular complexity index is 1090. The number of Topliss-reactive ketones (excluding diaryl/α,β-unsaturated/α-hetero) is 1. The highest BCUT2D eigenvalue weighted by atomic mass is 32.1. The lowest BCUT2D eigenvalue weighted by atomic mass is 10.1. The summed E-state index contributed by atoms with van der Waals surface area (Å²) in [6, 6.07) is 9.95. The van der Waals surface area contributed by atoms with E-state index in [4.69, 9.17) is 4.52 Å². The number of piperazine rings is 1. The number of carbonyl (C=O) groups is 2. The largest absolute Gasteiger partial charge is 0.340 e. The van der Waals surface area contributed by atoms with Crippen molar-refractivity contribution < 1.29 is 14.1 Å². The molecule has 1 fully saturated rings. The van der Waals surface area contributed by atoms with Crippen LogP contribution in [-0.4, -0.2) is 57.8 Å². The van der Waals surface area contributed by atoms with Gasteiger partial charge in [0, 0.05) is 59.9 Å². The predicted octanol–water partition coefficient (Wildman–Crippen LogP) is 4.03. The lowest BCUT2D eigenvalue weighted by Crippen LogP contribution is -2.48. The summed E-state index contributed by atoms with van der Waals surface area (Å²) in [5.74, 6) is 1.27. The zero-order valence-electron chi connectivity index (χ0n) is 18.8. The summed E-state index contributed by atoms with van der Waals surface area (Å²) in [7, 11) is 0. The van der Waals surface area contributed by atoms with Crippen LogP contribution in [0.25, 0.3) is 11.4 Å². The van der Waals surface area contributed by atoms with Gasteiger partial charge in [-0.05, 0) is 26.8 Å². The number of rotatable bonds is 7. The van der Waals surface area contributed by atoms with Crippen LogP contribution < -0.4 is 0 Å². The van der Waals surface area contributed by atoms with Gasteiger partial charge in [0.2, 0.25) is 17.6 Å². The van der Waals surface area contributed by atoms with Crippen LogP contribution in [0.15, 0.2) is 34.9 Å². The first-order chi connectivity index (χ1) is 15.4. The molecule has 4 rings (SSSR count). The van der Waals surface area contributed by atoms with Crippen molar-refractivity contribution in [3.63, 3.8) is 0 Å². The SMILES string of the molecule is Cc1ccc(-c2noc(CN3CCN(C(=O)CCC(=O)c4cc(C)sc4C)CC3)n2)cc1. The van der Waals surface area contributed by atoms with Gasteiger partial charge in [-0.2, -0.15) is 4.98 Å². The smallest absolute Gasteiger partial charge is 0.241 e. The molecule has 7 nitrogen and oxygen atoms in total. The molecule has 1 saturated heterocycles. The molecule has 2 aromatic heterocycles. The maximum atomic E-state index is 12.6. The fourth-order valence-electron chi connectivity index (χ4n) is 3.91. The van der Waals surface area contributed by atoms with Gasteiger partial charge in [0.15, 0.2) is 5.78 Å². The minimum Gasteiger partial charge on any atom is -0.340 e. The molecule has 0 N–H and O–H groups in total. The molecule has 168 valence electrons. The van der Waals surface area contributed by atoms with Crippen LogP contribution in [0.3, 0.4) is 0 Å². The van der Waals surface area contributed by atoms with Gasteiger partial charge < -0.3 is 9.42 Å². The standard InChI is InChI=1S/C24H28N4O3S/c1-16-4-6-19(7-5-16)24-25-22(31-26-24)15-27-10-12-28(13-11-27)23(30)9-8-21(29)20-14-17(2)32-18(20)3/h4-7,14H,8-13,15H2,1-3H3. The molecular weight excluding hydrogens is 424 g/mol. The first kappa shape index (κ1) is 22.4. The number of hydrogen-bond acceptors (Lipinski definition) is 7. The summed E-state index contributed by atoms with van der Waals surface area (Å²) in [5, 5.41) is 4.09. The third-order valence-electron chi connectivity index (χ3n) is 5.77. The predicted molar refractivity (Wildman–Crippen MR) is 124 cm³/mol. The Hall–Kier alpha value is -2.84. The summed E-state index contributed by atoms with van der Waals surface area (Å²) >= 11 is 1.62. The van der Waals surface area contributed by atoms with Crippen molar-refractivity contribution >= 4 is 23.0 Å². The monoisotopic (exact) mass is 452 g/mol. The third kappa shape index (κ3) is 5.31. The molecule has 1 amide bonds. The molecule has 0 radical (unpaired) electrons. The normalized spacial score (nSPS) is 14.7. The first-order valence-electron chi connectivity index (χ1n) is 10.9. The number of benzene rings is 1. The molecule has 3 aromatic rings. The quantitative estimate of drug-likeness (QED) is 0.504. The highest BCUT2D eigenvalue weighted by Gasteiger charge is 2.23. The number of ketones is 1. The van der Waals surface area contributed by atoms with Gasteiger partial charge in [-0.3, -0.25) is 14.5 Å². The van der Waals surface area contributed by atoms with Crippen LogP contribution in [0, 0.1) is 20.8 Å². The van der Waals surface area contributed by atoms with Crippen molar-refractivity contribution in [3.8, 4) is 11.4 Å². The number of thiophene rings is 1. The molecule has 0 aliphatic carbocycles. The molecular formula is C24H28N4O3S. The summed E-state index contributed by atoms with van der Waals surface area (Å²) in [4.78, 5) is 35.8. The molecule has 0 bridgehead atoms. The number of aryl methyl sites for hydroxylation is 3. The number of nitrogens with zero attached hydrogens (tertiary/aromatic N) is 4. The Morgan fingerprint density at radius 2 is 1.75 bits per heavy atom. The Labute approximate surface area is 192 Å². The van der Waals surface area contributed by atoms with E-state index in [1.54, 1.807) is 11.3 Å². The summed E-state index contributed by atoms with van der Waals surface area (Å²) in [6.45, 7) is 9.33. The molecule has 8 heteroatoms. The number of hydrogen-bond donors (Lipinski definition) is 0. The second kappa shape index (κ2) is 9.75. The molecule has 0 atom stereocenters.